The maximum Gasteiger partial charge on any atom is 0.291 e. The second kappa shape index (κ2) is 6.87. The lowest BCUT2D eigenvalue weighted by Crippen LogP contribution is -2.20. The van der Waals surface area contributed by atoms with Gasteiger partial charge in [-0.25, -0.2) is 10.4 Å². The van der Waals surface area contributed by atoms with Gasteiger partial charge in [0.25, 0.3) is 5.91 Å². The third-order valence-electron chi connectivity index (χ3n) is 3.36. The van der Waals surface area contributed by atoms with Crippen LogP contribution in [0.3, 0.4) is 0 Å². The predicted octanol–water partition coefficient (Wildman–Crippen LogP) is 1.94. The molecule has 0 fully saturated rings. The lowest BCUT2D eigenvalue weighted by Gasteiger charge is -2.04. The van der Waals surface area contributed by atoms with E-state index in [0.29, 0.717) is 0 Å². The molecule has 0 bridgehead atoms. The van der Waals surface area contributed by atoms with Crippen molar-refractivity contribution in [3.63, 3.8) is 0 Å². The normalized spacial score (nSPS) is 13.0. The monoisotopic (exact) mass is 312 g/mol. The Kier molecular flexibility index (Phi) is 4.46. The van der Waals surface area contributed by atoms with Crippen molar-refractivity contribution in [3.8, 4) is 11.5 Å². The minimum atomic E-state index is -0.375. The predicted molar refractivity (Wildman–Crippen MR) is 83.5 cm³/mol. The van der Waals surface area contributed by atoms with Gasteiger partial charge in [-0.05, 0) is 37.5 Å². The molecule has 1 aliphatic rings. The first-order valence-electron chi connectivity index (χ1n) is 7.20. The molecule has 1 amide bonds. The van der Waals surface area contributed by atoms with E-state index in [-0.39, 0.29) is 18.4 Å². The third kappa shape index (κ3) is 3.82. The topological polar surface area (TPSA) is 85.7 Å². The number of aromatic nitrogens is 2. The number of aryl methyl sites for hydroxylation is 1. The number of rotatable bonds is 5. The maximum absolute atomic E-state index is 11.8. The van der Waals surface area contributed by atoms with E-state index in [1.165, 1.54) is 18.6 Å². The average Bonchev–Trinajstić information content (AvgIpc) is 3.06. The van der Waals surface area contributed by atoms with Gasteiger partial charge in [-0.2, -0.15) is 5.10 Å². The van der Waals surface area contributed by atoms with Crippen LogP contribution in [0.25, 0.3) is 0 Å². The van der Waals surface area contributed by atoms with Gasteiger partial charge in [0.05, 0.1) is 6.20 Å². The highest BCUT2D eigenvalue weighted by atomic mass is 16.7. The Hall–Kier alpha value is -2.96. The Labute approximate surface area is 133 Å². The quantitative estimate of drug-likeness (QED) is 0.673. The van der Waals surface area contributed by atoms with Crippen molar-refractivity contribution < 1.29 is 14.3 Å². The van der Waals surface area contributed by atoms with E-state index in [4.69, 9.17) is 9.47 Å². The van der Waals surface area contributed by atoms with Crippen molar-refractivity contribution in [2.45, 2.75) is 19.8 Å². The fourth-order valence-electron chi connectivity index (χ4n) is 2.10. The molecule has 118 valence electrons. The molecule has 7 nitrogen and oxygen atoms in total. The maximum atomic E-state index is 11.8. The van der Waals surface area contributed by atoms with Crippen LogP contribution in [-0.4, -0.2) is 28.4 Å². The number of nitrogens with one attached hydrogen (secondary N) is 1. The number of benzene rings is 1. The molecule has 0 saturated heterocycles. The molecular formula is C16H16N4O3. The smallest absolute Gasteiger partial charge is 0.291 e. The van der Waals surface area contributed by atoms with Crippen molar-refractivity contribution >= 4 is 11.6 Å². The summed E-state index contributed by atoms with van der Waals surface area (Å²) in [6.45, 7) is 2.14. The van der Waals surface area contributed by atoms with Gasteiger partial charge in [-0.15, -0.1) is 0 Å². The van der Waals surface area contributed by atoms with Gasteiger partial charge in [-0.1, -0.05) is 6.07 Å². The van der Waals surface area contributed by atoms with Crippen LogP contribution in [-0.2, 0) is 6.42 Å². The molecule has 2 aromatic rings. The van der Waals surface area contributed by atoms with Crippen molar-refractivity contribution in [1.29, 1.82) is 0 Å². The fourth-order valence-corrected chi connectivity index (χ4v) is 2.10. The first-order chi connectivity index (χ1) is 11.2. The van der Waals surface area contributed by atoms with Gasteiger partial charge >= 0.3 is 0 Å². The highest BCUT2D eigenvalue weighted by Gasteiger charge is 2.13. The lowest BCUT2D eigenvalue weighted by atomic mass is 10.1. The summed E-state index contributed by atoms with van der Waals surface area (Å²) < 4.78 is 10.6. The third-order valence-corrected chi connectivity index (χ3v) is 3.36. The van der Waals surface area contributed by atoms with Gasteiger partial charge in [0.1, 0.15) is 5.69 Å². The number of hydrazone groups is 1. The summed E-state index contributed by atoms with van der Waals surface area (Å²) >= 11 is 0. The second-order valence-corrected chi connectivity index (χ2v) is 5.07. The zero-order chi connectivity index (χ0) is 16.1. The van der Waals surface area contributed by atoms with Gasteiger partial charge in [0.15, 0.2) is 11.5 Å². The number of hydrogen-bond acceptors (Lipinski definition) is 6. The molecule has 2 heterocycles. The molecule has 0 radical (unpaired) electrons. The number of amides is 1. The minimum Gasteiger partial charge on any atom is -0.454 e. The first-order valence-corrected chi connectivity index (χ1v) is 7.20. The van der Waals surface area contributed by atoms with Gasteiger partial charge in [0.2, 0.25) is 6.79 Å². The minimum absolute atomic E-state index is 0.236. The van der Waals surface area contributed by atoms with E-state index >= 15 is 0 Å². The van der Waals surface area contributed by atoms with Crippen molar-refractivity contribution in [2.75, 3.05) is 6.79 Å². The van der Waals surface area contributed by atoms with Crippen LogP contribution in [0.5, 0.6) is 11.5 Å². The summed E-state index contributed by atoms with van der Waals surface area (Å²) in [6, 6.07) is 5.87. The number of fused-ring (bicyclic) bond motifs is 1. The fraction of sp³-hybridized carbons (Fsp3) is 0.250. The van der Waals surface area contributed by atoms with Crippen molar-refractivity contribution in [1.82, 2.24) is 15.4 Å². The summed E-state index contributed by atoms with van der Waals surface area (Å²) in [5.74, 6) is 1.17. The molecule has 7 heteroatoms. The Morgan fingerprint density at radius 2 is 2.17 bits per heavy atom. The standard InChI is InChI=1S/C16H16N4O3/c1-11(19-20-16(21)13-9-17-6-7-18-13)2-3-12-4-5-14-15(8-12)23-10-22-14/h4-9H,2-3,10H2,1H3,(H,20,21)/b19-11+. The average molecular weight is 312 g/mol. The van der Waals surface area contributed by atoms with Gasteiger partial charge in [-0.3, -0.25) is 9.78 Å². The van der Waals surface area contributed by atoms with E-state index in [0.717, 1.165) is 35.6 Å². The van der Waals surface area contributed by atoms with E-state index in [1.54, 1.807) is 0 Å². The van der Waals surface area contributed by atoms with Gasteiger partial charge < -0.3 is 9.47 Å². The molecule has 3 rings (SSSR count). The Balaban J connectivity index is 1.53. The molecule has 1 aromatic carbocycles. The first kappa shape index (κ1) is 15.0. The van der Waals surface area contributed by atoms with Crippen LogP contribution in [0.15, 0.2) is 41.9 Å². The molecule has 1 aliphatic heterocycles. The Morgan fingerprint density at radius 1 is 1.30 bits per heavy atom. The Morgan fingerprint density at radius 3 is 3.00 bits per heavy atom. The lowest BCUT2D eigenvalue weighted by molar-refractivity contribution is 0.0949. The van der Waals surface area contributed by atoms with Crippen LogP contribution in [0.2, 0.25) is 0 Å². The molecule has 23 heavy (non-hydrogen) atoms. The van der Waals surface area contributed by atoms with Crippen molar-refractivity contribution in [3.05, 3.63) is 48.0 Å². The largest absolute Gasteiger partial charge is 0.454 e. The Bertz CT molecular complexity index is 731. The summed E-state index contributed by atoms with van der Waals surface area (Å²) in [7, 11) is 0. The summed E-state index contributed by atoms with van der Waals surface area (Å²) in [6.07, 6.45) is 5.89. The zero-order valence-corrected chi connectivity index (χ0v) is 12.7. The molecule has 1 N–H and O–H groups in total. The molecule has 0 saturated carbocycles. The number of hydrogen-bond donors (Lipinski definition) is 1. The molecular weight excluding hydrogens is 296 g/mol. The summed E-state index contributed by atoms with van der Waals surface area (Å²) in [4.78, 5) is 19.6. The SMILES string of the molecule is C/C(CCc1ccc2c(c1)OCO2)=N\NC(=O)c1cnccn1. The van der Waals surface area contributed by atoms with Crippen LogP contribution in [0, 0.1) is 0 Å². The molecule has 1 aromatic heterocycles. The molecule has 0 atom stereocenters. The summed E-state index contributed by atoms with van der Waals surface area (Å²) in [5, 5.41) is 4.08. The van der Waals surface area contributed by atoms with E-state index in [9.17, 15) is 4.79 Å². The number of nitrogens with zero attached hydrogens (tertiary/aromatic N) is 3. The zero-order valence-electron chi connectivity index (χ0n) is 12.7. The number of carbonyl (C=O) groups is 1. The molecule has 0 aliphatic carbocycles. The second-order valence-electron chi connectivity index (χ2n) is 5.07. The van der Waals surface area contributed by atoms with Crippen LogP contribution in [0.4, 0.5) is 0 Å². The van der Waals surface area contributed by atoms with E-state index in [1.807, 2.05) is 25.1 Å². The number of ether oxygens (including phenoxy) is 2. The van der Waals surface area contributed by atoms with E-state index in [2.05, 4.69) is 20.5 Å². The summed E-state index contributed by atoms with van der Waals surface area (Å²) in [5.41, 5.74) is 4.66. The number of carbonyl (C=O) groups excluding carboxylic acids is 1. The molecule has 0 spiro atoms. The van der Waals surface area contributed by atoms with Crippen molar-refractivity contribution in [2.24, 2.45) is 5.10 Å². The van der Waals surface area contributed by atoms with Gasteiger partial charge in [0, 0.05) is 18.1 Å². The highest BCUT2D eigenvalue weighted by Crippen LogP contribution is 2.32. The van der Waals surface area contributed by atoms with Crippen LogP contribution >= 0.6 is 0 Å². The van der Waals surface area contributed by atoms with Crippen LogP contribution < -0.4 is 14.9 Å². The molecule has 0 unspecified atom stereocenters. The van der Waals surface area contributed by atoms with E-state index < -0.39 is 0 Å². The highest BCUT2D eigenvalue weighted by molar-refractivity contribution is 5.93. The van der Waals surface area contributed by atoms with Crippen LogP contribution in [0.1, 0.15) is 29.4 Å².